The highest BCUT2D eigenvalue weighted by Crippen LogP contribution is 2.46. The van der Waals surface area contributed by atoms with Crippen LogP contribution in [-0.2, 0) is 0 Å². The Morgan fingerprint density at radius 1 is 1.30 bits per heavy atom. The summed E-state index contributed by atoms with van der Waals surface area (Å²) in [5.74, 6) is 0. The van der Waals surface area contributed by atoms with Crippen molar-refractivity contribution in [1.29, 1.82) is 0 Å². The van der Waals surface area contributed by atoms with Crippen LogP contribution < -0.4 is 0 Å². The van der Waals surface area contributed by atoms with E-state index in [4.69, 9.17) is 0 Å². The van der Waals surface area contributed by atoms with Crippen LogP contribution in [0.15, 0.2) is 0 Å². The Hall–Kier alpha value is -0.180. The molecule has 0 radical (unpaired) electrons. The first-order valence-corrected chi connectivity index (χ1v) is 3.47. The Bertz CT molecular complexity index is 143. The lowest BCUT2D eigenvalue weighted by atomic mass is 9.90. The van der Waals surface area contributed by atoms with Crippen LogP contribution in [0.25, 0.3) is 0 Å². The molecule has 0 aromatic carbocycles. The van der Waals surface area contributed by atoms with Crippen molar-refractivity contribution in [1.82, 2.24) is 4.90 Å². The van der Waals surface area contributed by atoms with Crippen molar-refractivity contribution < 1.29 is 8.78 Å². The Kier molecular flexibility index (Phi) is 1.51. The molecule has 0 N–H and O–H groups in total. The van der Waals surface area contributed by atoms with Crippen molar-refractivity contribution in [3.8, 4) is 0 Å². The fraction of sp³-hybridized carbons (Fsp3) is 1.00. The van der Waals surface area contributed by atoms with Gasteiger partial charge in [-0.15, -0.1) is 0 Å². The predicted octanol–water partition coefficient (Wildman–Crippen LogP) is 1.94. The van der Waals surface area contributed by atoms with Crippen LogP contribution in [0.2, 0.25) is 0 Å². The van der Waals surface area contributed by atoms with E-state index < -0.39 is 11.5 Å². The van der Waals surface area contributed by atoms with Gasteiger partial charge < -0.3 is 0 Å². The molecule has 3 heteroatoms. The van der Waals surface area contributed by atoms with E-state index in [1.165, 1.54) is 7.05 Å². The van der Waals surface area contributed by atoms with E-state index in [1.807, 2.05) is 0 Å². The molecule has 0 saturated carbocycles. The fourth-order valence-corrected chi connectivity index (χ4v) is 1.25. The van der Waals surface area contributed by atoms with Gasteiger partial charge >= 0.3 is 6.05 Å². The van der Waals surface area contributed by atoms with E-state index in [0.29, 0.717) is 13.0 Å². The van der Waals surface area contributed by atoms with Gasteiger partial charge in [-0.25, -0.2) is 4.90 Å². The normalized spacial score (nSPS) is 30.9. The zero-order chi connectivity index (χ0) is 7.99. The summed E-state index contributed by atoms with van der Waals surface area (Å²) >= 11 is 0. The van der Waals surface area contributed by atoms with Gasteiger partial charge in [-0.3, -0.25) is 0 Å². The van der Waals surface area contributed by atoms with Crippen molar-refractivity contribution >= 4 is 0 Å². The molecule has 0 aliphatic carbocycles. The monoisotopic (exact) mass is 149 g/mol. The second-order valence-electron chi connectivity index (χ2n) is 3.60. The molecule has 1 aliphatic rings. The Labute approximate surface area is 60.0 Å². The lowest BCUT2D eigenvalue weighted by molar-refractivity contribution is -0.170. The van der Waals surface area contributed by atoms with E-state index in [2.05, 4.69) is 0 Å². The van der Waals surface area contributed by atoms with Gasteiger partial charge in [0.1, 0.15) is 0 Å². The molecule has 1 rings (SSSR count). The van der Waals surface area contributed by atoms with Crippen molar-refractivity contribution in [2.24, 2.45) is 5.41 Å². The van der Waals surface area contributed by atoms with Gasteiger partial charge in [0.15, 0.2) is 0 Å². The molecule has 1 aliphatic heterocycles. The first-order valence-electron chi connectivity index (χ1n) is 3.47. The van der Waals surface area contributed by atoms with Crippen molar-refractivity contribution in [3.05, 3.63) is 0 Å². The lowest BCUT2D eigenvalue weighted by Crippen LogP contribution is -2.41. The van der Waals surface area contributed by atoms with Gasteiger partial charge in [0.05, 0.1) is 0 Å². The molecule has 0 amide bonds. The number of rotatable bonds is 0. The van der Waals surface area contributed by atoms with E-state index >= 15 is 0 Å². The quantitative estimate of drug-likeness (QED) is 0.476. The summed E-state index contributed by atoms with van der Waals surface area (Å²) in [6, 6.07) is -2.62. The van der Waals surface area contributed by atoms with Gasteiger partial charge in [-0.2, -0.15) is 8.78 Å². The van der Waals surface area contributed by atoms with Crippen LogP contribution in [0, 0.1) is 5.41 Å². The van der Waals surface area contributed by atoms with E-state index in [0.717, 1.165) is 4.90 Å². The number of halogens is 2. The molecule has 0 unspecified atom stereocenters. The predicted molar refractivity (Wildman–Crippen MR) is 36.0 cm³/mol. The van der Waals surface area contributed by atoms with Crippen LogP contribution in [0.4, 0.5) is 8.78 Å². The molecule has 0 atom stereocenters. The van der Waals surface area contributed by atoms with Crippen LogP contribution in [0.3, 0.4) is 0 Å². The third-order valence-corrected chi connectivity index (χ3v) is 2.37. The highest BCUT2D eigenvalue weighted by atomic mass is 19.3. The molecule has 10 heavy (non-hydrogen) atoms. The molecule has 1 heterocycles. The Morgan fingerprint density at radius 3 is 1.90 bits per heavy atom. The van der Waals surface area contributed by atoms with Crippen LogP contribution in [0.1, 0.15) is 20.3 Å². The summed E-state index contributed by atoms with van der Waals surface area (Å²) in [6.07, 6.45) is 0.580. The third-order valence-electron chi connectivity index (χ3n) is 2.37. The summed E-state index contributed by atoms with van der Waals surface area (Å²) in [6.45, 7) is 3.72. The molecule has 0 aromatic heterocycles. The maximum Gasteiger partial charge on any atom is 0.309 e. The van der Waals surface area contributed by atoms with Gasteiger partial charge in [-0.1, -0.05) is 13.8 Å². The number of likely N-dealkylation sites (tertiary alicyclic amines) is 1. The molecular weight excluding hydrogens is 136 g/mol. The van der Waals surface area contributed by atoms with E-state index in [-0.39, 0.29) is 0 Å². The first kappa shape index (κ1) is 7.92. The van der Waals surface area contributed by atoms with Crippen molar-refractivity contribution in [2.75, 3.05) is 13.6 Å². The molecule has 0 aromatic rings. The fourth-order valence-electron chi connectivity index (χ4n) is 1.25. The number of alkyl halides is 2. The minimum absolute atomic E-state index is 0.500. The smallest absolute Gasteiger partial charge is 0.247 e. The Morgan fingerprint density at radius 2 is 1.80 bits per heavy atom. The summed E-state index contributed by atoms with van der Waals surface area (Å²) in [5, 5.41) is 0. The van der Waals surface area contributed by atoms with Crippen LogP contribution in [0.5, 0.6) is 0 Å². The van der Waals surface area contributed by atoms with Gasteiger partial charge in [-0.05, 0) is 13.5 Å². The second-order valence-corrected chi connectivity index (χ2v) is 3.60. The summed E-state index contributed by atoms with van der Waals surface area (Å²) in [7, 11) is 1.47. The van der Waals surface area contributed by atoms with E-state index in [1.54, 1.807) is 13.8 Å². The average Bonchev–Trinajstić information content (AvgIpc) is 1.94. The molecule has 1 fully saturated rings. The average molecular weight is 149 g/mol. The SMILES string of the molecule is CN1CCC(C)(C)C1(F)F. The van der Waals surface area contributed by atoms with E-state index in [9.17, 15) is 8.78 Å². The number of hydrogen-bond acceptors (Lipinski definition) is 1. The van der Waals surface area contributed by atoms with Crippen molar-refractivity contribution in [3.63, 3.8) is 0 Å². The third kappa shape index (κ3) is 0.839. The highest BCUT2D eigenvalue weighted by molar-refractivity contribution is 4.91. The molecular formula is C7H13F2N. The standard InChI is InChI=1S/C7H13F2N/c1-6(2)4-5-10(3)7(6,8)9/h4-5H2,1-3H3. The zero-order valence-electron chi connectivity index (χ0n) is 6.62. The number of hydrogen-bond donors (Lipinski definition) is 0. The van der Waals surface area contributed by atoms with Gasteiger partial charge in [0.2, 0.25) is 0 Å². The molecule has 0 bridgehead atoms. The topological polar surface area (TPSA) is 3.24 Å². The van der Waals surface area contributed by atoms with Crippen LogP contribution >= 0.6 is 0 Å². The van der Waals surface area contributed by atoms with Crippen LogP contribution in [-0.4, -0.2) is 24.5 Å². The molecule has 1 saturated heterocycles. The molecule has 0 spiro atoms. The maximum absolute atomic E-state index is 13.0. The minimum Gasteiger partial charge on any atom is -0.247 e. The maximum atomic E-state index is 13.0. The lowest BCUT2D eigenvalue weighted by Gasteiger charge is -2.29. The Balaban J connectivity index is 2.84. The highest BCUT2D eigenvalue weighted by Gasteiger charge is 2.54. The first-order chi connectivity index (χ1) is 4.38. The van der Waals surface area contributed by atoms with Crippen molar-refractivity contribution in [2.45, 2.75) is 26.3 Å². The summed E-state index contributed by atoms with van der Waals surface area (Å²) in [5.41, 5.74) is -0.845. The number of nitrogens with zero attached hydrogens (tertiary/aromatic N) is 1. The summed E-state index contributed by atoms with van der Waals surface area (Å²) in [4.78, 5) is 1.12. The molecule has 1 nitrogen and oxygen atoms in total. The van der Waals surface area contributed by atoms with Gasteiger partial charge in [0, 0.05) is 12.0 Å². The second kappa shape index (κ2) is 1.91. The van der Waals surface area contributed by atoms with Gasteiger partial charge in [0.25, 0.3) is 0 Å². The minimum atomic E-state index is -2.62. The zero-order valence-corrected chi connectivity index (χ0v) is 6.62. The summed E-state index contributed by atoms with van der Waals surface area (Å²) < 4.78 is 26.1. The largest absolute Gasteiger partial charge is 0.309 e. The molecule has 60 valence electrons.